The van der Waals surface area contributed by atoms with E-state index >= 15 is 0 Å². The van der Waals surface area contributed by atoms with Crippen LogP contribution < -0.4 is 4.90 Å². The Bertz CT molecular complexity index is 932. The quantitative estimate of drug-likeness (QED) is 0.593. The fourth-order valence-electron chi connectivity index (χ4n) is 3.92. The number of hydrogen-bond acceptors (Lipinski definition) is 4. The summed E-state index contributed by atoms with van der Waals surface area (Å²) >= 11 is 0. The van der Waals surface area contributed by atoms with Crippen LogP contribution in [-0.4, -0.2) is 30.8 Å². The molecule has 4 rings (SSSR count). The molecule has 1 fully saturated rings. The minimum absolute atomic E-state index is 0.101. The highest BCUT2D eigenvalue weighted by molar-refractivity contribution is 6.01. The van der Waals surface area contributed by atoms with E-state index in [9.17, 15) is 14.4 Å². The van der Waals surface area contributed by atoms with Crippen LogP contribution in [0.15, 0.2) is 42.5 Å². The van der Waals surface area contributed by atoms with Gasteiger partial charge in [0.1, 0.15) is 0 Å². The average Bonchev–Trinajstić information content (AvgIpc) is 3.32. The summed E-state index contributed by atoms with van der Waals surface area (Å²) in [6.45, 7) is 1.98. The van der Waals surface area contributed by atoms with E-state index in [1.54, 1.807) is 11.0 Å². The monoisotopic (exact) mass is 377 g/mol. The number of ether oxygens (including phenoxy) is 1. The number of Topliss-reactive ketones (excluding diaryl/α,β-unsaturated/α-hetero) is 1. The molecule has 2 aromatic rings. The summed E-state index contributed by atoms with van der Waals surface area (Å²) in [4.78, 5) is 38.7. The number of fused-ring (bicyclic) bond motifs is 1. The number of anilines is 1. The Morgan fingerprint density at radius 2 is 1.82 bits per heavy atom. The lowest BCUT2D eigenvalue weighted by Gasteiger charge is -2.16. The second-order valence-corrected chi connectivity index (χ2v) is 7.61. The predicted octanol–water partition coefficient (Wildman–Crippen LogP) is 3.26. The minimum Gasteiger partial charge on any atom is -0.457 e. The number of benzene rings is 2. The van der Waals surface area contributed by atoms with Crippen molar-refractivity contribution >= 4 is 23.3 Å². The number of esters is 1. The first-order valence-corrected chi connectivity index (χ1v) is 9.70. The Balaban J connectivity index is 1.34. The number of rotatable bonds is 5. The second-order valence-electron chi connectivity index (χ2n) is 7.61. The minimum atomic E-state index is -0.540. The molecule has 2 aromatic carbocycles. The van der Waals surface area contributed by atoms with E-state index in [1.165, 1.54) is 11.1 Å². The van der Waals surface area contributed by atoms with Gasteiger partial charge in [-0.25, -0.2) is 0 Å². The molecule has 1 atom stereocenters. The lowest BCUT2D eigenvalue weighted by molar-refractivity contribution is -0.147. The lowest BCUT2D eigenvalue weighted by Crippen LogP contribution is -2.27. The Morgan fingerprint density at radius 3 is 2.61 bits per heavy atom. The molecule has 0 radical (unpaired) electrons. The van der Waals surface area contributed by atoms with Crippen molar-refractivity contribution in [1.82, 2.24) is 0 Å². The number of hydrogen-bond donors (Lipinski definition) is 0. The van der Waals surface area contributed by atoms with Crippen LogP contribution in [0.3, 0.4) is 0 Å². The number of carbonyl (C=O) groups excluding carboxylic acids is 3. The number of ketones is 1. The molecule has 0 N–H and O–H groups in total. The van der Waals surface area contributed by atoms with Gasteiger partial charge in [-0.2, -0.15) is 0 Å². The van der Waals surface area contributed by atoms with Gasteiger partial charge in [-0.05, 0) is 55.5 Å². The first kappa shape index (κ1) is 18.4. The van der Waals surface area contributed by atoms with E-state index in [1.807, 2.05) is 43.3 Å². The van der Waals surface area contributed by atoms with E-state index in [4.69, 9.17) is 4.74 Å². The Hall–Kier alpha value is -2.95. The van der Waals surface area contributed by atoms with Crippen molar-refractivity contribution in [1.29, 1.82) is 0 Å². The van der Waals surface area contributed by atoms with Gasteiger partial charge < -0.3 is 9.64 Å². The molecule has 144 valence electrons. The van der Waals surface area contributed by atoms with Gasteiger partial charge in [0, 0.05) is 24.2 Å². The van der Waals surface area contributed by atoms with Gasteiger partial charge in [-0.1, -0.05) is 29.8 Å². The maximum absolute atomic E-state index is 12.4. The van der Waals surface area contributed by atoms with Crippen molar-refractivity contribution in [2.24, 2.45) is 5.92 Å². The number of nitrogens with zero attached hydrogens (tertiary/aromatic N) is 1. The van der Waals surface area contributed by atoms with Crippen molar-refractivity contribution < 1.29 is 19.1 Å². The molecule has 0 bridgehead atoms. The van der Waals surface area contributed by atoms with Crippen molar-refractivity contribution in [3.63, 3.8) is 0 Å². The van der Waals surface area contributed by atoms with Crippen molar-refractivity contribution in [2.45, 2.75) is 32.6 Å². The first-order valence-electron chi connectivity index (χ1n) is 9.70. The molecule has 28 heavy (non-hydrogen) atoms. The average molecular weight is 377 g/mol. The molecule has 1 saturated heterocycles. The molecule has 5 heteroatoms. The normalized spacial score (nSPS) is 18.2. The van der Waals surface area contributed by atoms with Crippen molar-refractivity contribution in [3.8, 4) is 0 Å². The third-order valence-electron chi connectivity index (χ3n) is 5.57. The second kappa shape index (κ2) is 7.58. The fraction of sp³-hybridized carbons (Fsp3) is 0.348. The number of aryl methyl sites for hydroxylation is 3. The molecule has 1 aliphatic heterocycles. The number of carbonyl (C=O) groups is 3. The molecule has 1 heterocycles. The van der Waals surface area contributed by atoms with E-state index in [-0.39, 0.29) is 31.3 Å². The van der Waals surface area contributed by atoms with Gasteiger partial charge >= 0.3 is 5.97 Å². The summed E-state index contributed by atoms with van der Waals surface area (Å²) < 4.78 is 5.25. The van der Waals surface area contributed by atoms with E-state index in [2.05, 4.69) is 0 Å². The lowest BCUT2D eigenvalue weighted by atomic mass is 10.0. The summed E-state index contributed by atoms with van der Waals surface area (Å²) in [6.07, 6.45) is 3.29. The van der Waals surface area contributed by atoms with Crippen LogP contribution in [0.2, 0.25) is 0 Å². The van der Waals surface area contributed by atoms with Crippen molar-refractivity contribution in [2.75, 3.05) is 18.1 Å². The van der Waals surface area contributed by atoms with E-state index in [0.29, 0.717) is 5.56 Å². The molecule has 0 unspecified atom stereocenters. The molecule has 1 aliphatic carbocycles. The molecule has 0 aromatic heterocycles. The van der Waals surface area contributed by atoms with Gasteiger partial charge in [0.25, 0.3) is 0 Å². The maximum Gasteiger partial charge on any atom is 0.311 e. The van der Waals surface area contributed by atoms with Gasteiger partial charge in [-0.3, -0.25) is 14.4 Å². The third-order valence-corrected chi connectivity index (χ3v) is 5.57. The zero-order valence-corrected chi connectivity index (χ0v) is 15.9. The smallest absolute Gasteiger partial charge is 0.311 e. The SMILES string of the molecule is Cc1ccc(N2C[C@H](C(=O)OCC(=O)c3ccc4c(c3)CCC4)CC2=O)cc1. The van der Waals surface area contributed by atoms with Crippen LogP contribution in [0.4, 0.5) is 5.69 Å². The maximum atomic E-state index is 12.4. The topological polar surface area (TPSA) is 63.7 Å². The van der Waals surface area contributed by atoms with E-state index < -0.39 is 11.9 Å². The predicted molar refractivity (Wildman–Crippen MR) is 105 cm³/mol. The van der Waals surface area contributed by atoms with Crippen LogP contribution in [0, 0.1) is 12.8 Å². The number of amides is 1. The molecular formula is C23H23NO4. The molecule has 2 aliphatic rings. The van der Waals surface area contributed by atoms with Crippen LogP contribution >= 0.6 is 0 Å². The zero-order chi connectivity index (χ0) is 19.7. The van der Waals surface area contributed by atoms with E-state index in [0.717, 1.165) is 30.5 Å². The van der Waals surface area contributed by atoms with Gasteiger partial charge in [-0.15, -0.1) is 0 Å². The zero-order valence-electron chi connectivity index (χ0n) is 15.9. The Kier molecular flexibility index (Phi) is 4.99. The first-order chi connectivity index (χ1) is 13.5. The van der Waals surface area contributed by atoms with Crippen LogP contribution in [0.5, 0.6) is 0 Å². The fourth-order valence-corrected chi connectivity index (χ4v) is 3.92. The van der Waals surface area contributed by atoms with Crippen LogP contribution in [0.25, 0.3) is 0 Å². The van der Waals surface area contributed by atoms with Crippen molar-refractivity contribution in [3.05, 3.63) is 64.7 Å². The Morgan fingerprint density at radius 1 is 1.07 bits per heavy atom. The summed E-state index contributed by atoms with van der Waals surface area (Å²) in [5, 5.41) is 0. The van der Waals surface area contributed by atoms with Gasteiger partial charge in [0.2, 0.25) is 5.91 Å². The van der Waals surface area contributed by atoms with Gasteiger partial charge in [0.05, 0.1) is 5.92 Å². The van der Waals surface area contributed by atoms with Crippen LogP contribution in [-0.2, 0) is 27.2 Å². The standard InChI is InChI=1S/C23H23NO4/c1-15-5-9-20(10-6-15)24-13-19(12-22(24)26)23(27)28-14-21(25)18-8-7-16-3-2-4-17(16)11-18/h5-11,19H,2-4,12-14H2,1H3/t19-/m1/s1. The highest BCUT2D eigenvalue weighted by Gasteiger charge is 2.36. The third kappa shape index (κ3) is 3.70. The summed E-state index contributed by atoms with van der Waals surface area (Å²) in [5.41, 5.74) is 4.98. The highest BCUT2D eigenvalue weighted by atomic mass is 16.5. The summed E-state index contributed by atoms with van der Waals surface area (Å²) in [6, 6.07) is 13.3. The largest absolute Gasteiger partial charge is 0.457 e. The molecule has 1 amide bonds. The van der Waals surface area contributed by atoms with Gasteiger partial charge in [0.15, 0.2) is 12.4 Å². The highest BCUT2D eigenvalue weighted by Crippen LogP contribution is 2.26. The van der Waals surface area contributed by atoms with Crippen LogP contribution in [0.1, 0.15) is 39.9 Å². The molecule has 5 nitrogen and oxygen atoms in total. The summed E-state index contributed by atoms with van der Waals surface area (Å²) in [7, 11) is 0. The summed E-state index contributed by atoms with van der Waals surface area (Å²) in [5.74, 6) is -1.34. The Labute approximate surface area is 164 Å². The molecule has 0 spiro atoms. The molecule has 0 saturated carbocycles. The molecular weight excluding hydrogens is 354 g/mol.